The fraction of sp³-hybridized carbons (Fsp3) is 0.217. The van der Waals surface area contributed by atoms with Gasteiger partial charge >= 0.3 is 0 Å². The van der Waals surface area contributed by atoms with E-state index in [2.05, 4.69) is 4.72 Å². The van der Waals surface area contributed by atoms with Crippen LogP contribution in [0.15, 0.2) is 66.7 Å². The summed E-state index contributed by atoms with van der Waals surface area (Å²) >= 11 is 0. The number of anilines is 1. The van der Waals surface area contributed by atoms with E-state index in [1.807, 2.05) is 60.7 Å². The smallest absolute Gasteiger partial charge is 0.235 e. The van der Waals surface area contributed by atoms with Gasteiger partial charge in [0.25, 0.3) is 0 Å². The van der Waals surface area contributed by atoms with Crippen LogP contribution in [0.4, 0.5) is 5.69 Å². The average molecular weight is 410 g/mol. The van der Waals surface area contributed by atoms with Gasteiger partial charge in [0.2, 0.25) is 10.0 Å². The summed E-state index contributed by atoms with van der Waals surface area (Å²) in [6.07, 6.45) is -0.352. The summed E-state index contributed by atoms with van der Waals surface area (Å²) in [5.41, 5.74) is 4.23. The number of benzene rings is 3. The normalized spacial score (nSPS) is 15.2. The largest absolute Gasteiger partial charge is 0.496 e. The van der Waals surface area contributed by atoms with Gasteiger partial charge in [0.15, 0.2) is 0 Å². The Morgan fingerprint density at radius 2 is 1.76 bits per heavy atom. The topological polar surface area (TPSA) is 64.6 Å². The molecule has 5 nitrogen and oxygen atoms in total. The molecular weight excluding hydrogens is 386 g/mol. The maximum Gasteiger partial charge on any atom is 0.235 e. The lowest BCUT2D eigenvalue weighted by atomic mass is 9.89. The molecule has 1 N–H and O–H groups in total. The Balaban J connectivity index is 1.89. The number of fused-ring (bicyclic) bond motifs is 3. The summed E-state index contributed by atoms with van der Waals surface area (Å²) in [7, 11) is -1.82. The van der Waals surface area contributed by atoms with Crippen LogP contribution in [0.1, 0.15) is 31.1 Å². The molecule has 3 aromatic carbocycles. The van der Waals surface area contributed by atoms with Crippen LogP contribution in [0.3, 0.4) is 0 Å². The molecule has 6 heteroatoms. The Morgan fingerprint density at radius 1 is 1.00 bits per heavy atom. The minimum Gasteiger partial charge on any atom is -0.496 e. The molecule has 1 heterocycles. The Bertz CT molecular complexity index is 1140. The van der Waals surface area contributed by atoms with Gasteiger partial charge in [-0.1, -0.05) is 42.5 Å². The maximum absolute atomic E-state index is 12.4. The van der Waals surface area contributed by atoms with Gasteiger partial charge in [-0.25, -0.2) is 8.42 Å². The van der Waals surface area contributed by atoms with Gasteiger partial charge in [0.05, 0.1) is 17.9 Å². The number of ether oxygens (including phenoxy) is 2. The van der Waals surface area contributed by atoms with Crippen molar-refractivity contribution < 1.29 is 17.9 Å². The second-order valence-electron chi connectivity index (χ2n) is 7.24. The first kappa shape index (κ1) is 19.3. The highest BCUT2D eigenvalue weighted by molar-refractivity contribution is 7.93. The van der Waals surface area contributed by atoms with Gasteiger partial charge in [-0.05, 0) is 49.2 Å². The van der Waals surface area contributed by atoms with Crippen molar-refractivity contribution in [3.63, 3.8) is 0 Å². The molecule has 0 amide bonds. The molecule has 150 valence electrons. The summed E-state index contributed by atoms with van der Waals surface area (Å²) < 4.78 is 39.3. The Labute approximate surface area is 171 Å². The molecular formula is C23H23NO4S. The predicted octanol–water partition coefficient (Wildman–Crippen LogP) is 4.99. The molecule has 0 spiro atoms. The first-order chi connectivity index (χ1) is 13.9. The molecule has 1 unspecified atom stereocenters. The fourth-order valence-corrected chi connectivity index (χ4v) is 4.15. The summed E-state index contributed by atoms with van der Waals surface area (Å²) in [6.45, 7) is 3.30. The van der Waals surface area contributed by atoms with Crippen molar-refractivity contribution in [3.8, 4) is 22.6 Å². The van der Waals surface area contributed by atoms with Crippen molar-refractivity contribution in [1.29, 1.82) is 0 Å². The number of rotatable bonds is 5. The molecule has 0 saturated carbocycles. The van der Waals surface area contributed by atoms with Gasteiger partial charge in [0.1, 0.15) is 17.6 Å². The van der Waals surface area contributed by atoms with Crippen LogP contribution in [0.2, 0.25) is 0 Å². The number of methoxy groups -OCH3 is 1. The third-order valence-corrected chi connectivity index (χ3v) is 6.80. The van der Waals surface area contributed by atoms with E-state index in [9.17, 15) is 8.42 Å². The quantitative estimate of drug-likeness (QED) is 0.644. The molecule has 1 atom stereocenters. The average Bonchev–Trinajstić information content (AvgIpc) is 2.72. The second-order valence-corrected chi connectivity index (χ2v) is 9.48. The van der Waals surface area contributed by atoms with Crippen molar-refractivity contribution in [2.75, 3.05) is 11.8 Å². The van der Waals surface area contributed by atoms with Crippen LogP contribution in [0.5, 0.6) is 11.5 Å². The molecule has 3 aromatic rings. The molecule has 0 radical (unpaired) electrons. The molecule has 4 rings (SSSR count). The monoisotopic (exact) mass is 409 g/mol. The molecule has 0 aromatic heterocycles. The van der Waals surface area contributed by atoms with Crippen molar-refractivity contribution in [2.45, 2.75) is 25.2 Å². The maximum atomic E-state index is 12.4. The molecule has 1 aliphatic rings. The van der Waals surface area contributed by atoms with Crippen LogP contribution in [-0.4, -0.2) is 20.8 Å². The number of hydrogen-bond acceptors (Lipinski definition) is 4. The van der Waals surface area contributed by atoms with Crippen molar-refractivity contribution in [2.24, 2.45) is 0 Å². The molecule has 0 fully saturated rings. The van der Waals surface area contributed by atoms with E-state index in [4.69, 9.17) is 9.47 Å². The second kappa shape index (κ2) is 7.44. The number of nitrogens with one attached hydrogen (secondary N) is 1. The van der Waals surface area contributed by atoms with Crippen LogP contribution >= 0.6 is 0 Å². The van der Waals surface area contributed by atoms with E-state index in [1.165, 1.54) is 0 Å². The van der Waals surface area contributed by atoms with Gasteiger partial charge < -0.3 is 9.47 Å². The van der Waals surface area contributed by atoms with Gasteiger partial charge in [0, 0.05) is 11.3 Å². The summed E-state index contributed by atoms with van der Waals surface area (Å²) in [4.78, 5) is 0. The Kier molecular flexibility index (Phi) is 4.96. The highest BCUT2D eigenvalue weighted by Gasteiger charge is 2.30. The Morgan fingerprint density at radius 3 is 2.45 bits per heavy atom. The molecule has 0 bridgehead atoms. The van der Waals surface area contributed by atoms with Crippen molar-refractivity contribution in [1.82, 2.24) is 0 Å². The minimum absolute atomic E-state index is 0.352. The van der Waals surface area contributed by atoms with Crippen molar-refractivity contribution in [3.05, 3.63) is 77.9 Å². The van der Waals surface area contributed by atoms with Crippen LogP contribution in [-0.2, 0) is 10.0 Å². The van der Waals surface area contributed by atoms with Gasteiger partial charge in [-0.2, -0.15) is 0 Å². The molecule has 0 aliphatic carbocycles. The highest BCUT2D eigenvalue weighted by atomic mass is 32.2. The summed E-state index contributed by atoms with van der Waals surface area (Å²) in [6, 6.07) is 21.2. The molecule has 1 aliphatic heterocycles. The predicted molar refractivity (Wildman–Crippen MR) is 115 cm³/mol. The van der Waals surface area contributed by atoms with Gasteiger partial charge in [-0.3, -0.25) is 4.72 Å². The van der Waals surface area contributed by atoms with E-state index < -0.39 is 15.3 Å². The lowest BCUT2D eigenvalue weighted by Gasteiger charge is -2.30. The van der Waals surface area contributed by atoms with Gasteiger partial charge in [-0.15, -0.1) is 0 Å². The number of sulfonamides is 1. The van der Waals surface area contributed by atoms with Crippen LogP contribution < -0.4 is 14.2 Å². The number of hydrogen-bond donors (Lipinski definition) is 1. The zero-order valence-electron chi connectivity index (χ0n) is 16.5. The Hall–Kier alpha value is -2.99. The lowest BCUT2D eigenvalue weighted by molar-refractivity contribution is 0.242. The van der Waals surface area contributed by atoms with E-state index in [0.29, 0.717) is 11.4 Å². The zero-order chi connectivity index (χ0) is 20.6. The first-order valence-corrected chi connectivity index (χ1v) is 11.0. The summed E-state index contributed by atoms with van der Waals surface area (Å²) in [5, 5.41) is -0.527. The zero-order valence-corrected chi connectivity index (χ0v) is 17.4. The minimum atomic E-state index is -3.45. The SMILES string of the molecule is COc1cccc2c1-c1ccc(NS(=O)(=O)C(C)C)cc1C(c1ccccc1)O2. The van der Waals surface area contributed by atoms with Crippen LogP contribution in [0.25, 0.3) is 11.1 Å². The van der Waals surface area contributed by atoms with E-state index >= 15 is 0 Å². The third-order valence-electron chi connectivity index (χ3n) is 5.04. The van der Waals surface area contributed by atoms with E-state index in [-0.39, 0.29) is 6.10 Å². The lowest BCUT2D eigenvalue weighted by Crippen LogP contribution is -2.23. The first-order valence-electron chi connectivity index (χ1n) is 9.45. The fourth-order valence-electron chi connectivity index (χ4n) is 3.46. The van der Waals surface area contributed by atoms with E-state index in [1.54, 1.807) is 27.0 Å². The molecule has 29 heavy (non-hydrogen) atoms. The highest BCUT2D eigenvalue weighted by Crippen LogP contribution is 2.49. The molecule has 0 saturated heterocycles. The summed E-state index contributed by atoms with van der Waals surface area (Å²) in [5.74, 6) is 1.45. The third kappa shape index (κ3) is 3.56. The standard InChI is InChI=1S/C23H23NO4S/c1-15(2)29(25,26)24-17-12-13-18-19(14-17)23(16-8-5-4-6-9-16)28-21-11-7-10-20(27-3)22(18)21/h4-15,23-24H,1-3H3. The van der Waals surface area contributed by atoms with Crippen molar-refractivity contribution >= 4 is 15.7 Å². The van der Waals surface area contributed by atoms with Crippen LogP contribution in [0, 0.1) is 0 Å². The van der Waals surface area contributed by atoms with E-state index in [0.717, 1.165) is 28.0 Å².